The van der Waals surface area contributed by atoms with E-state index in [2.05, 4.69) is 16.0 Å². The molecule has 0 aromatic heterocycles. The van der Waals surface area contributed by atoms with E-state index in [4.69, 9.17) is 12.2 Å². The zero-order chi connectivity index (χ0) is 24.0. The van der Waals surface area contributed by atoms with Crippen molar-refractivity contribution in [1.29, 1.82) is 0 Å². The average Bonchev–Trinajstić information content (AvgIpc) is 2.75. The molecule has 0 aliphatic rings. The van der Waals surface area contributed by atoms with Crippen LogP contribution in [0.2, 0.25) is 0 Å². The highest BCUT2D eigenvalue weighted by Gasteiger charge is 2.30. The van der Waals surface area contributed by atoms with Crippen LogP contribution in [0.15, 0.2) is 72.8 Å². The third-order valence-electron chi connectivity index (χ3n) is 4.70. The lowest BCUT2D eigenvalue weighted by atomic mass is 10.1. The van der Waals surface area contributed by atoms with Crippen LogP contribution >= 0.6 is 12.2 Å². The van der Waals surface area contributed by atoms with E-state index >= 15 is 0 Å². The molecule has 3 aromatic rings. The van der Waals surface area contributed by atoms with Gasteiger partial charge in [-0.15, -0.1) is 0 Å². The molecule has 0 unspecified atom stereocenters. The Balaban J connectivity index is 1.61. The molecule has 3 aromatic carbocycles. The normalized spacial score (nSPS) is 10.9. The summed E-state index contributed by atoms with van der Waals surface area (Å²) in [5, 5.41) is 7.93. The van der Waals surface area contributed by atoms with Crippen molar-refractivity contribution in [2.45, 2.75) is 19.5 Å². The summed E-state index contributed by atoms with van der Waals surface area (Å²) in [5.74, 6) is -0.882. The van der Waals surface area contributed by atoms with E-state index in [1.807, 2.05) is 31.2 Å². The summed E-state index contributed by atoms with van der Waals surface area (Å²) in [7, 11) is 0. The molecule has 33 heavy (non-hydrogen) atoms. The van der Waals surface area contributed by atoms with Gasteiger partial charge in [0.2, 0.25) is 5.91 Å². The van der Waals surface area contributed by atoms with Crippen LogP contribution in [-0.4, -0.2) is 16.9 Å². The Kier molecular flexibility index (Phi) is 7.44. The summed E-state index contributed by atoms with van der Waals surface area (Å²) in [6.45, 7) is 1.91. The Hall–Kier alpha value is -3.72. The first-order chi connectivity index (χ1) is 15.6. The predicted molar refractivity (Wildman–Crippen MR) is 125 cm³/mol. The van der Waals surface area contributed by atoms with Crippen LogP contribution in [0.1, 0.15) is 27.0 Å². The monoisotopic (exact) mass is 471 g/mol. The smallest absolute Gasteiger partial charge is 0.332 e. The lowest BCUT2D eigenvalue weighted by molar-refractivity contribution is -0.137. The standard InChI is InChI=1S/C24H20F3N3O2S/c1-15-6-2-3-7-16(15)13-21(31)30-23(33)29-19-10-4-8-17(12-19)22(32)28-20-11-5-9-18(14-20)24(25,26)27/h2-12,14H,13H2,1H3,(H,28,32)(H2,29,30,31,33). The number of aryl methyl sites for hydroxylation is 1. The molecular weight excluding hydrogens is 451 g/mol. The third-order valence-corrected chi connectivity index (χ3v) is 4.90. The number of thiocarbonyl (C=S) groups is 1. The van der Waals surface area contributed by atoms with Crippen LogP contribution in [0.4, 0.5) is 24.5 Å². The predicted octanol–water partition coefficient (Wildman–Crippen LogP) is 5.32. The Morgan fingerprint density at radius 2 is 1.55 bits per heavy atom. The minimum atomic E-state index is -4.51. The summed E-state index contributed by atoms with van der Waals surface area (Å²) < 4.78 is 38.6. The number of benzene rings is 3. The first-order valence-corrected chi connectivity index (χ1v) is 10.3. The number of hydrogen-bond acceptors (Lipinski definition) is 3. The van der Waals surface area contributed by atoms with E-state index in [0.29, 0.717) is 5.69 Å². The van der Waals surface area contributed by atoms with Gasteiger partial charge in [0.1, 0.15) is 0 Å². The summed E-state index contributed by atoms with van der Waals surface area (Å²) in [6.07, 6.45) is -4.35. The Bertz CT molecular complexity index is 1200. The number of nitrogens with one attached hydrogen (secondary N) is 3. The van der Waals surface area contributed by atoms with E-state index in [1.165, 1.54) is 24.3 Å². The molecule has 0 radical (unpaired) electrons. The van der Waals surface area contributed by atoms with Gasteiger partial charge >= 0.3 is 6.18 Å². The summed E-state index contributed by atoms with van der Waals surface area (Å²) in [4.78, 5) is 24.8. The number of hydrogen-bond donors (Lipinski definition) is 3. The Labute approximate surface area is 194 Å². The zero-order valence-corrected chi connectivity index (χ0v) is 18.3. The largest absolute Gasteiger partial charge is 0.416 e. The van der Waals surface area contributed by atoms with Crippen molar-refractivity contribution in [3.63, 3.8) is 0 Å². The number of carbonyl (C=O) groups is 2. The van der Waals surface area contributed by atoms with Crippen molar-refractivity contribution in [3.8, 4) is 0 Å². The summed E-state index contributed by atoms with van der Waals surface area (Å²) in [5.41, 5.74) is 1.67. The molecule has 0 saturated heterocycles. The summed E-state index contributed by atoms with van der Waals surface area (Å²) >= 11 is 5.17. The van der Waals surface area contributed by atoms with Gasteiger partial charge in [0.15, 0.2) is 5.11 Å². The van der Waals surface area contributed by atoms with Gasteiger partial charge in [-0.2, -0.15) is 13.2 Å². The van der Waals surface area contributed by atoms with Crippen LogP contribution in [0.3, 0.4) is 0 Å². The molecule has 0 aliphatic carbocycles. The second kappa shape index (κ2) is 10.3. The molecule has 5 nitrogen and oxygen atoms in total. The van der Waals surface area contributed by atoms with Crippen LogP contribution in [0.5, 0.6) is 0 Å². The first-order valence-electron chi connectivity index (χ1n) is 9.86. The number of rotatable bonds is 5. The van der Waals surface area contributed by atoms with Gasteiger partial charge in [-0.1, -0.05) is 36.4 Å². The maximum Gasteiger partial charge on any atom is 0.416 e. The zero-order valence-electron chi connectivity index (χ0n) is 17.5. The van der Waals surface area contributed by atoms with Gasteiger partial charge in [0.05, 0.1) is 12.0 Å². The molecule has 0 saturated carbocycles. The number of alkyl halides is 3. The Morgan fingerprint density at radius 3 is 2.24 bits per heavy atom. The minimum Gasteiger partial charge on any atom is -0.332 e. The molecule has 9 heteroatoms. The van der Waals surface area contributed by atoms with Crippen molar-refractivity contribution in [3.05, 3.63) is 95.1 Å². The second-order valence-corrected chi connectivity index (χ2v) is 7.63. The molecule has 0 heterocycles. The fourth-order valence-electron chi connectivity index (χ4n) is 3.03. The van der Waals surface area contributed by atoms with Crippen molar-refractivity contribution < 1.29 is 22.8 Å². The molecule has 0 atom stereocenters. The molecule has 2 amide bonds. The van der Waals surface area contributed by atoms with Crippen molar-refractivity contribution >= 4 is 40.5 Å². The fourth-order valence-corrected chi connectivity index (χ4v) is 3.26. The number of amides is 2. The van der Waals surface area contributed by atoms with Crippen molar-refractivity contribution in [1.82, 2.24) is 5.32 Å². The van der Waals surface area contributed by atoms with E-state index in [9.17, 15) is 22.8 Å². The van der Waals surface area contributed by atoms with Gasteiger partial charge < -0.3 is 16.0 Å². The fraction of sp³-hybridized carbons (Fsp3) is 0.125. The van der Waals surface area contributed by atoms with E-state index < -0.39 is 17.6 Å². The molecule has 170 valence electrons. The lowest BCUT2D eigenvalue weighted by Gasteiger charge is -2.12. The maximum atomic E-state index is 12.9. The van der Waals surface area contributed by atoms with Gasteiger partial charge in [-0.25, -0.2) is 0 Å². The summed E-state index contributed by atoms with van der Waals surface area (Å²) in [6, 6.07) is 18.1. The lowest BCUT2D eigenvalue weighted by Crippen LogP contribution is -2.35. The SMILES string of the molecule is Cc1ccccc1CC(=O)NC(=S)Nc1cccc(C(=O)Nc2cccc(C(F)(F)F)c2)c1. The molecule has 0 fully saturated rings. The second-order valence-electron chi connectivity index (χ2n) is 7.22. The highest BCUT2D eigenvalue weighted by Crippen LogP contribution is 2.30. The quantitative estimate of drug-likeness (QED) is 0.441. The van der Waals surface area contributed by atoms with Crippen LogP contribution in [0, 0.1) is 6.92 Å². The van der Waals surface area contributed by atoms with E-state index in [-0.39, 0.29) is 28.7 Å². The van der Waals surface area contributed by atoms with Crippen LogP contribution in [0.25, 0.3) is 0 Å². The first kappa shape index (κ1) is 23.9. The molecule has 0 spiro atoms. The molecule has 3 N–H and O–H groups in total. The van der Waals surface area contributed by atoms with Gasteiger partial charge in [0, 0.05) is 16.9 Å². The molecular formula is C24H20F3N3O2S. The van der Waals surface area contributed by atoms with Crippen molar-refractivity contribution in [2.75, 3.05) is 10.6 Å². The number of halogens is 3. The Morgan fingerprint density at radius 1 is 0.879 bits per heavy atom. The highest BCUT2D eigenvalue weighted by atomic mass is 32.1. The van der Waals surface area contributed by atoms with Crippen LogP contribution < -0.4 is 16.0 Å². The topological polar surface area (TPSA) is 70.2 Å². The molecule has 3 rings (SSSR count). The highest BCUT2D eigenvalue weighted by molar-refractivity contribution is 7.80. The number of anilines is 2. The van der Waals surface area contributed by atoms with Gasteiger partial charge in [0.25, 0.3) is 5.91 Å². The van der Waals surface area contributed by atoms with E-state index in [0.717, 1.165) is 23.3 Å². The maximum absolute atomic E-state index is 12.9. The van der Waals surface area contributed by atoms with E-state index in [1.54, 1.807) is 12.1 Å². The minimum absolute atomic E-state index is 0.0205. The third kappa shape index (κ3) is 6.88. The molecule has 0 bridgehead atoms. The number of carbonyl (C=O) groups excluding carboxylic acids is 2. The molecule has 0 aliphatic heterocycles. The van der Waals surface area contributed by atoms with Gasteiger partial charge in [-0.05, 0) is 66.7 Å². The van der Waals surface area contributed by atoms with Crippen LogP contribution in [-0.2, 0) is 17.4 Å². The van der Waals surface area contributed by atoms with Gasteiger partial charge in [-0.3, -0.25) is 9.59 Å². The van der Waals surface area contributed by atoms with Crippen molar-refractivity contribution in [2.24, 2.45) is 0 Å². The average molecular weight is 472 g/mol.